The summed E-state index contributed by atoms with van der Waals surface area (Å²) in [7, 11) is 3.13. The number of carbonyl (C=O) groups excluding carboxylic acids is 1. The van der Waals surface area contributed by atoms with Gasteiger partial charge in [-0.1, -0.05) is 13.0 Å². The standard InChI is InChI=1S/C20H23N3O5/c1-13(14(2)24)15-5-6-18(28-12-27-4)20-19(15)16(10-22(20)11-26-3)17-9-21-7-8-23(17)25/h5-10,13H,11-12H2,1-4H3. The lowest BCUT2D eigenvalue weighted by molar-refractivity contribution is -0.594. The summed E-state index contributed by atoms with van der Waals surface area (Å²) in [6.45, 7) is 3.71. The summed E-state index contributed by atoms with van der Waals surface area (Å²) in [4.78, 5) is 16.2. The highest BCUT2D eigenvalue weighted by Crippen LogP contribution is 2.40. The molecule has 0 aliphatic carbocycles. The lowest BCUT2D eigenvalue weighted by Gasteiger charge is -2.15. The minimum Gasteiger partial charge on any atom is -0.618 e. The van der Waals surface area contributed by atoms with Crippen LogP contribution in [0.25, 0.3) is 22.2 Å². The SMILES string of the molecule is COCOc1ccc(C(C)C(C)=O)c2c(-c3cncc[n+]3[O-])cn(COC)c12. The third-order valence-electron chi connectivity index (χ3n) is 4.69. The van der Waals surface area contributed by atoms with E-state index < -0.39 is 0 Å². The first-order valence-corrected chi connectivity index (χ1v) is 8.80. The normalized spacial score (nSPS) is 12.3. The van der Waals surface area contributed by atoms with Crippen LogP contribution in [0.3, 0.4) is 0 Å². The fraction of sp³-hybridized carbons (Fsp3) is 0.350. The molecule has 0 bridgehead atoms. The van der Waals surface area contributed by atoms with E-state index in [9.17, 15) is 10.0 Å². The average Bonchev–Trinajstić information content (AvgIpc) is 3.06. The van der Waals surface area contributed by atoms with Crippen LogP contribution < -0.4 is 9.47 Å². The summed E-state index contributed by atoms with van der Waals surface area (Å²) in [5.41, 5.74) is 2.56. The number of fused-ring (bicyclic) bond motifs is 1. The van der Waals surface area contributed by atoms with E-state index in [0.29, 0.717) is 17.0 Å². The largest absolute Gasteiger partial charge is 0.618 e. The summed E-state index contributed by atoms with van der Waals surface area (Å²) >= 11 is 0. The molecular formula is C20H23N3O5. The van der Waals surface area contributed by atoms with Crippen molar-refractivity contribution in [3.63, 3.8) is 0 Å². The number of rotatable bonds is 8. The molecule has 0 saturated carbocycles. The highest BCUT2D eigenvalue weighted by molar-refractivity contribution is 6.03. The Balaban J connectivity index is 2.39. The van der Waals surface area contributed by atoms with Crippen LogP contribution in [-0.2, 0) is 21.0 Å². The van der Waals surface area contributed by atoms with E-state index in [-0.39, 0.29) is 25.2 Å². The Morgan fingerprint density at radius 1 is 1.32 bits per heavy atom. The van der Waals surface area contributed by atoms with Crippen molar-refractivity contribution in [3.05, 3.63) is 47.7 Å². The molecule has 2 aromatic heterocycles. The molecule has 0 aliphatic rings. The van der Waals surface area contributed by atoms with Crippen LogP contribution in [0.4, 0.5) is 0 Å². The van der Waals surface area contributed by atoms with Crippen molar-refractivity contribution in [2.75, 3.05) is 21.0 Å². The topological polar surface area (TPSA) is 89.5 Å². The zero-order valence-electron chi connectivity index (χ0n) is 16.3. The lowest BCUT2D eigenvalue weighted by atomic mass is 9.92. The molecule has 1 atom stereocenters. The van der Waals surface area contributed by atoms with Gasteiger partial charge in [0, 0.05) is 31.7 Å². The Bertz CT molecular complexity index is 999. The van der Waals surface area contributed by atoms with Gasteiger partial charge in [0.25, 0.3) is 0 Å². The molecule has 3 aromatic rings. The third-order valence-corrected chi connectivity index (χ3v) is 4.69. The number of ketones is 1. The Morgan fingerprint density at radius 3 is 2.75 bits per heavy atom. The average molecular weight is 385 g/mol. The summed E-state index contributed by atoms with van der Waals surface area (Å²) in [5, 5.41) is 13.2. The highest BCUT2D eigenvalue weighted by atomic mass is 16.7. The van der Waals surface area contributed by atoms with Gasteiger partial charge >= 0.3 is 0 Å². The Kier molecular flexibility index (Phi) is 5.91. The molecule has 0 fully saturated rings. The number of Topliss-reactive ketones (excluding diaryl/α,β-unsaturated/α-hetero) is 1. The van der Waals surface area contributed by atoms with Gasteiger partial charge in [-0.25, -0.2) is 0 Å². The summed E-state index contributed by atoms with van der Waals surface area (Å²) in [5.74, 6) is 0.243. The van der Waals surface area contributed by atoms with Crippen molar-refractivity contribution in [1.82, 2.24) is 9.55 Å². The molecular weight excluding hydrogens is 362 g/mol. The predicted molar refractivity (Wildman–Crippen MR) is 103 cm³/mol. The summed E-state index contributed by atoms with van der Waals surface area (Å²) in [6.07, 6.45) is 6.09. The van der Waals surface area contributed by atoms with E-state index in [2.05, 4.69) is 4.98 Å². The van der Waals surface area contributed by atoms with Crippen LogP contribution >= 0.6 is 0 Å². The van der Waals surface area contributed by atoms with Crippen LogP contribution in [0.2, 0.25) is 0 Å². The molecule has 148 valence electrons. The van der Waals surface area contributed by atoms with Crippen LogP contribution in [0.15, 0.2) is 36.9 Å². The van der Waals surface area contributed by atoms with Crippen LogP contribution in [-0.4, -0.2) is 36.3 Å². The minimum absolute atomic E-state index is 0.0264. The highest BCUT2D eigenvalue weighted by Gasteiger charge is 2.25. The van der Waals surface area contributed by atoms with Gasteiger partial charge in [0.2, 0.25) is 5.69 Å². The van der Waals surface area contributed by atoms with E-state index >= 15 is 0 Å². The van der Waals surface area contributed by atoms with Gasteiger partial charge in [0.1, 0.15) is 24.5 Å². The molecule has 0 N–H and O–H groups in total. The molecule has 1 aromatic carbocycles. The first-order valence-electron chi connectivity index (χ1n) is 8.80. The summed E-state index contributed by atoms with van der Waals surface area (Å²) in [6, 6.07) is 3.66. The number of benzene rings is 1. The van der Waals surface area contributed by atoms with Gasteiger partial charge < -0.3 is 24.0 Å². The molecule has 3 rings (SSSR count). The molecule has 0 amide bonds. The third kappa shape index (κ3) is 3.56. The quantitative estimate of drug-likeness (QED) is 0.336. The number of hydrogen-bond donors (Lipinski definition) is 0. The van der Waals surface area contributed by atoms with Crippen molar-refractivity contribution in [1.29, 1.82) is 0 Å². The molecule has 1 unspecified atom stereocenters. The Hall–Kier alpha value is -2.97. The number of nitrogens with zero attached hydrogens (tertiary/aromatic N) is 3. The van der Waals surface area contributed by atoms with Crippen molar-refractivity contribution >= 4 is 16.7 Å². The molecule has 2 heterocycles. The number of aromatic nitrogens is 3. The van der Waals surface area contributed by atoms with Crippen LogP contribution in [0, 0.1) is 5.21 Å². The van der Waals surface area contributed by atoms with E-state index in [1.165, 1.54) is 18.6 Å². The molecule has 28 heavy (non-hydrogen) atoms. The van der Waals surface area contributed by atoms with Gasteiger partial charge in [0.05, 0.1) is 17.3 Å². The maximum atomic E-state index is 12.4. The van der Waals surface area contributed by atoms with Crippen molar-refractivity contribution < 1.29 is 23.7 Å². The van der Waals surface area contributed by atoms with Gasteiger partial charge in [-0.3, -0.25) is 9.78 Å². The van der Waals surface area contributed by atoms with Gasteiger partial charge in [-0.05, 0) is 18.6 Å². The first kappa shape index (κ1) is 19.8. The van der Waals surface area contributed by atoms with Crippen LogP contribution in [0.1, 0.15) is 25.3 Å². The van der Waals surface area contributed by atoms with E-state index in [4.69, 9.17) is 14.2 Å². The second-order valence-corrected chi connectivity index (χ2v) is 6.48. The van der Waals surface area contributed by atoms with E-state index in [0.717, 1.165) is 21.2 Å². The van der Waals surface area contributed by atoms with Crippen molar-refractivity contribution in [2.24, 2.45) is 0 Å². The molecule has 0 aliphatic heterocycles. The Labute approximate surface area is 162 Å². The number of hydrogen-bond acceptors (Lipinski definition) is 6. The number of carbonyl (C=O) groups is 1. The van der Waals surface area contributed by atoms with Crippen molar-refractivity contribution in [3.8, 4) is 17.0 Å². The number of ether oxygens (including phenoxy) is 3. The van der Waals surface area contributed by atoms with Crippen molar-refractivity contribution in [2.45, 2.75) is 26.5 Å². The maximum Gasteiger partial charge on any atom is 0.244 e. The fourth-order valence-electron chi connectivity index (χ4n) is 3.23. The molecule has 8 heteroatoms. The van der Waals surface area contributed by atoms with Gasteiger partial charge in [-0.15, -0.1) is 0 Å². The second-order valence-electron chi connectivity index (χ2n) is 6.48. The van der Waals surface area contributed by atoms with Gasteiger partial charge in [0.15, 0.2) is 13.0 Å². The molecule has 0 spiro atoms. The summed E-state index contributed by atoms with van der Waals surface area (Å²) < 4.78 is 18.7. The molecule has 0 saturated heterocycles. The van der Waals surface area contributed by atoms with E-state index in [1.54, 1.807) is 27.2 Å². The zero-order valence-corrected chi connectivity index (χ0v) is 16.3. The van der Waals surface area contributed by atoms with Crippen LogP contribution in [0.5, 0.6) is 5.75 Å². The number of methoxy groups -OCH3 is 2. The Morgan fingerprint density at radius 2 is 2.11 bits per heavy atom. The predicted octanol–water partition coefficient (Wildman–Crippen LogP) is 2.62. The van der Waals surface area contributed by atoms with Gasteiger partial charge in [-0.2, -0.15) is 4.73 Å². The molecule has 0 radical (unpaired) electrons. The second kappa shape index (κ2) is 8.37. The maximum absolute atomic E-state index is 12.4. The lowest BCUT2D eigenvalue weighted by Crippen LogP contribution is -2.28. The van der Waals surface area contributed by atoms with E-state index in [1.807, 2.05) is 23.8 Å². The first-order chi connectivity index (χ1) is 13.5. The minimum atomic E-state index is -0.354. The fourth-order valence-corrected chi connectivity index (χ4v) is 3.23. The monoisotopic (exact) mass is 385 g/mol. The molecule has 8 nitrogen and oxygen atoms in total. The zero-order chi connectivity index (χ0) is 20.3. The smallest absolute Gasteiger partial charge is 0.244 e.